The number of fused-ring (bicyclic) bond motifs is 1. The fourth-order valence-corrected chi connectivity index (χ4v) is 2.50. The monoisotopic (exact) mass is 246 g/mol. The number of benzene rings is 1. The Bertz CT molecular complexity index is 429. The Morgan fingerprint density at radius 3 is 3.00 bits per heavy atom. The van der Waals surface area contributed by atoms with E-state index in [1.54, 1.807) is 0 Å². The molecule has 0 aliphatic carbocycles. The van der Waals surface area contributed by atoms with Crippen molar-refractivity contribution in [2.24, 2.45) is 5.73 Å². The molecular weight excluding hydrogens is 224 g/mol. The molecular formula is C15H22N2O. The molecule has 0 fully saturated rings. The van der Waals surface area contributed by atoms with Gasteiger partial charge in [-0.3, -0.25) is 4.79 Å². The molecule has 3 nitrogen and oxygen atoms in total. The zero-order valence-electron chi connectivity index (χ0n) is 11.1. The van der Waals surface area contributed by atoms with Crippen molar-refractivity contribution in [1.82, 2.24) is 0 Å². The van der Waals surface area contributed by atoms with E-state index in [0.29, 0.717) is 13.0 Å². The number of nitrogens with two attached hydrogens (primary N) is 1. The van der Waals surface area contributed by atoms with E-state index in [1.165, 1.54) is 11.1 Å². The topological polar surface area (TPSA) is 46.3 Å². The Kier molecular flexibility index (Phi) is 4.37. The van der Waals surface area contributed by atoms with Gasteiger partial charge in [0.1, 0.15) is 0 Å². The zero-order chi connectivity index (χ0) is 13.0. The molecule has 1 aliphatic heterocycles. The van der Waals surface area contributed by atoms with Crippen molar-refractivity contribution in [3.05, 3.63) is 29.3 Å². The summed E-state index contributed by atoms with van der Waals surface area (Å²) in [5.41, 5.74) is 9.25. The van der Waals surface area contributed by atoms with E-state index in [2.05, 4.69) is 25.1 Å². The van der Waals surface area contributed by atoms with Gasteiger partial charge in [0.2, 0.25) is 5.91 Å². The number of carbonyl (C=O) groups is 1. The smallest absolute Gasteiger partial charge is 0.226 e. The molecule has 0 aromatic heterocycles. The Labute approximate surface area is 109 Å². The fraction of sp³-hybridized carbons (Fsp3) is 0.533. The number of rotatable bonds is 5. The molecule has 0 bridgehead atoms. The summed E-state index contributed by atoms with van der Waals surface area (Å²) in [6.45, 7) is 3.63. The molecule has 2 N–H and O–H groups in total. The van der Waals surface area contributed by atoms with Crippen LogP contribution in [0, 0.1) is 0 Å². The second-order valence-corrected chi connectivity index (χ2v) is 4.90. The molecule has 0 spiro atoms. The molecule has 2 rings (SSSR count). The van der Waals surface area contributed by atoms with Crippen LogP contribution < -0.4 is 10.6 Å². The van der Waals surface area contributed by atoms with Gasteiger partial charge < -0.3 is 10.6 Å². The molecule has 1 heterocycles. The summed E-state index contributed by atoms with van der Waals surface area (Å²) in [4.78, 5) is 14.0. The first kappa shape index (κ1) is 13.1. The SMILES string of the molecule is CCCCC(=O)N1CCc2cc(CCN)ccc21. The molecule has 0 saturated heterocycles. The van der Waals surface area contributed by atoms with Crippen LogP contribution in [0.1, 0.15) is 37.3 Å². The molecule has 0 radical (unpaired) electrons. The first-order chi connectivity index (χ1) is 8.76. The second kappa shape index (κ2) is 6.01. The number of amides is 1. The fourth-order valence-electron chi connectivity index (χ4n) is 2.50. The van der Waals surface area contributed by atoms with Crippen molar-refractivity contribution in [2.75, 3.05) is 18.0 Å². The van der Waals surface area contributed by atoms with Crippen LogP contribution in [0.4, 0.5) is 5.69 Å². The van der Waals surface area contributed by atoms with Crippen LogP contribution in [-0.4, -0.2) is 19.0 Å². The van der Waals surface area contributed by atoms with Crippen molar-refractivity contribution >= 4 is 11.6 Å². The molecule has 0 saturated carbocycles. The van der Waals surface area contributed by atoms with Gasteiger partial charge in [-0.05, 0) is 43.0 Å². The average Bonchev–Trinajstić information content (AvgIpc) is 2.79. The number of anilines is 1. The lowest BCUT2D eigenvalue weighted by atomic mass is 10.1. The third-order valence-corrected chi connectivity index (χ3v) is 3.52. The quantitative estimate of drug-likeness (QED) is 0.866. The van der Waals surface area contributed by atoms with E-state index >= 15 is 0 Å². The molecule has 3 heteroatoms. The van der Waals surface area contributed by atoms with Crippen molar-refractivity contribution in [2.45, 2.75) is 39.0 Å². The van der Waals surface area contributed by atoms with Crippen molar-refractivity contribution in [1.29, 1.82) is 0 Å². The molecule has 0 unspecified atom stereocenters. The van der Waals surface area contributed by atoms with Crippen molar-refractivity contribution in [3.63, 3.8) is 0 Å². The van der Waals surface area contributed by atoms with Crippen LogP contribution in [-0.2, 0) is 17.6 Å². The first-order valence-corrected chi connectivity index (χ1v) is 6.88. The van der Waals surface area contributed by atoms with E-state index in [1.807, 2.05) is 4.90 Å². The summed E-state index contributed by atoms with van der Waals surface area (Å²) in [7, 11) is 0. The van der Waals surface area contributed by atoms with Gasteiger partial charge in [0.15, 0.2) is 0 Å². The lowest BCUT2D eigenvalue weighted by molar-refractivity contribution is -0.118. The summed E-state index contributed by atoms with van der Waals surface area (Å²) in [5.74, 6) is 0.266. The van der Waals surface area contributed by atoms with Gasteiger partial charge in [0.25, 0.3) is 0 Å². The molecule has 18 heavy (non-hydrogen) atoms. The van der Waals surface area contributed by atoms with Crippen LogP contribution in [0.3, 0.4) is 0 Å². The van der Waals surface area contributed by atoms with Gasteiger partial charge >= 0.3 is 0 Å². The minimum absolute atomic E-state index is 0.266. The summed E-state index contributed by atoms with van der Waals surface area (Å²) < 4.78 is 0. The van der Waals surface area contributed by atoms with Gasteiger partial charge in [0.05, 0.1) is 0 Å². The zero-order valence-corrected chi connectivity index (χ0v) is 11.1. The summed E-state index contributed by atoms with van der Waals surface area (Å²) in [6.07, 6.45) is 4.61. The maximum Gasteiger partial charge on any atom is 0.226 e. The Hall–Kier alpha value is -1.35. The van der Waals surface area contributed by atoms with Crippen LogP contribution in [0.5, 0.6) is 0 Å². The average molecular weight is 246 g/mol. The molecule has 0 atom stereocenters. The van der Waals surface area contributed by atoms with Crippen molar-refractivity contribution < 1.29 is 4.79 Å². The molecule has 98 valence electrons. The van der Waals surface area contributed by atoms with Crippen LogP contribution >= 0.6 is 0 Å². The lowest BCUT2D eigenvalue weighted by Crippen LogP contribution is -2.28. The van der Waals surface area contributed by atoms with Crippen LogP contribution in [0.25, 0.3) is 0 Å². The van der Waals surface area contributed by atoms with E-state index < -0.39 is 0 Å². The third kappa shape index (κ3) is 2.72. The van der Waals surface area contributed by atoms with Gasteiger partial charge in [-0.15, -0.1) is 0 Å². The van der Waals surface area contributed by atoms with Crippen molar-refractivity contribution in [3.8, 4) is 0 Å². The van der Waals surface area contributed by atoms with Gasteiger partial charge in [-0.1, -0.05) is 25.5 Å². The lowest BCUT2D eigenvalue weighted by Gasteiger charge is -2.17. The molecule has 1 amide bonds. The second-order valence-electron chi connectivity index (χ2n) is 4.90. The number of hydrogen-bond donors (Lipinski definition) is 1. The van der Waals surface area contributed by atoms with Gasteiger partial charge in [-0.2, -0.15) is 0 Å². The maximum atomic E-state index is 12.1. The first-order valence-electron chi connectivity index (χ1n) is 6.88. The highest BCUT2D eigenvalue weighted by molar-refractivity contribution is 5.95. The van der Waals surface area contributed by atoms with Crippen LogP contribution in [0.2, 0.25) is 0 Å². The Balaban J connectivity index is 2.11. The predicted molar refractivity (Wildman–Crippen MR) is 74.8 cm³/mol. The Morgan fingerprint density at radius 1 is 1.44 bits per heavy atom. The highest BCUT2D eigenvalue weighted by Crippen LogP contribution is 2.29. The highest BCUT2D eigenvalue weighted by atomic mass is 16.2. The van der Waals surface area contributed by atoms with E-state index in [0.717, 1.165) is 37.9 Å². The molecule has 1 aromatic rings. The maximum absolute atomic E-state index is 12.1. The standard InChI is InChI=1S/C15H22N2O/c1-2-3-4-15(18)17-10-8-13-11-12(7-9-16)5-6-14(13)17/h5-6,11H,2-4,7-10,16H2,1H3. The number of unbranched alkanes of at least 4 members (excludes halogenated alkanes) is 1. The van der Waals surface area contributed by atoms with Gasteiger partial charge in [0, 0.05) is 18.7 Å². The highest BCUT2D eigenvalue weighted by Gasteiger charge is 2.23. The minimum atomic E-state index is 0.266. The minimum Gasteiger partial charge on any atom is -0.330 e. The third-order valence-electron chi connectivity index (χ3n) is 3.52. The number of hydrogen-bond acceptors (Lipinski definition) is 2. The molecule has 1 aromatic carbocycles. The largest absolute Gasteiger partial charge is 0.330 e. The van der Waals surface area contributed by atoms with Gasteiger partial charge in [-0.25, -0.2) is 0 Å². The summed E-state index contributed by atoms with van der Waals surface area (Å²) in [5, 5.41) is 0. The van der Waals surface area contributed by atoms with E-state index in [-0.39, 0.29) is 5.91 Å². The van der Waals surface area contributed by atoms with E-state index in [9.17, 15) is 4.79 Å². The van der Waals surface area contributed by atoms with E-state index in [4.69, 9.17) is 5.73 Å². The van der Waals surface area contributed by atoms with Crippen LogP contribution in [0.15, 0.2) is 18.2 Å². The molecule has 1 aliphatic rings. The number of nitrogens with zero attached hydrogens (tertiary/aromatic N) is 1. The Morgan fingerprint density at radius 2 is 2.28 bits per heavy atom. The summed E-state index contributed by atoms with van der Waals surface area (Å²) in [6, 6.07) is 6.38. The summed E-state index contributed by atoms with van der Waals surface area (Å²) >= 11 is 0. The predicted octanol–water partition coefficient (Wildman–Crippen LogP) is 2.27. The normalized spacial score (nSPS) is 13.8. The number of carbonyl (C=O) groups excluding carboxylic acids is 1.